The first-order valence-electron chi connectivity index (χ1n) is 3.55. The lowest BCUT2D eigenvalue weighted by molar-refractivity contribution is -0.131. The van der Waals surface area contributed by atoms with Crippen molar-refractivity contribution in [1.29, 1.82) is 0 Å². The molecule has 0 aliphatic rings. The molecular weight excluding hydrogens is 188 g/mol. The maximum Gasteiger partial charge on any atom is 0.328 e. The zero-order valence-electron chi connectivity index (χ0n) is 6.68. The van der Waals surface area contributed by atoms with Crippen molar-refractivity contribution in [3.8, 4) is 5.75 Å². The monoisotopic (exact) mass is 196 g/mol. The fourth-order valence-corrected chi connectivity index (χ4v) is 0.929. The summed E-state index contributed by atoms with van der Waals surface area (Å²) in [7, 11) is 0. The molecule has 1 N–H and O–H groups in total. The first kappa shape index (κ1) is 9.67. The average Bonchev–Trinajstić information content (AvgIpc) is 2.15. The summed E-state index contributed by atoms with van der Waals surface area (Å²) in [6.07, 6.45) is 2.58. The number of thiol groups is 1. The Balaban J connectivity index is 2.75. The van der Waals surface area contributed by atoms with Crippen molar-refractivity contribution in [2.45, 2.75) is 0 Å². The molecule has 1 aromatic rings. The molecule has 0 aliphatic heterocycles. The quantitative estimate of drug-likeness (QED) is 0.441. The van der Waals surface area contributed by atoms with Gasteiger partial charge in [0.25, 0.3) is 0 Å². The zero-order chi connectivity index (χ0) is 9.68. The lowest BCUT2D eigenvalue weighted by Gasteiger charge is -1.96. The van der Waals surface area contributed by atoms with Crippen molar-refractivity contribution in [3.05, 3.63) is 35.9 Å². The predicted octanol–water partition coefficient (Wildman–Crippen LogP) is 2.01. The van der Waals surface area contributed by atoms with Gasteiger partial charge < -0.3 is 9.29 Å². The summed E-state index contributed by atoms with van der Waals surface area (Å²) in [6.45, 7) is 0. The van der Waals surface area contributed by atoms with Gasteiger partial charge >= 0.3 is 5.97 Å². The SMILES string of the molecule is O=C(O)/C=C/c1ccc(OS)cc1. The number of hydrogen-bond acceptors (Lipinski definition) is 3. The van der Waals surface area contributed by atoms with Crippen molar-refractivity contribution in [2.75, 3.05) is 0 Å². The number of rotatable bonds is 3. The number of hydrogen-bond donors (Lipinski definition) is 2. The van der Waals surface area contributed by atoms with E-state index in [0.717, 1.165) is 11.6 Å². The molecule has 0 unspecified atom stereocenters. The first-order chi connectivity index (χ1) is 6.22. The number of carbonyl (C=O) groups is 1. The fraction of sp³-hybridized carbons (Fsp3) is 0. The van der Waals surface area contributed by atoms with Gasteiger partial charge in [0.05, 0.1) is 0 Å². The van der Waals surface area contributed by atoms with Crippen molar-refractivity contribution in [3.63, 3.8) is 0 Å². The normalized spacial score (nSPS) is 10.2. The van der Waals surface area contributed by atoms with E-state index in [4.69, 9.17) is 5.11 Å². The van der Waals surface area contributed by atoms with E-state index < -0.39 is 5.97 Å². The van der Waals surface area contributed by atoms with E-state index in [9.17, 15) is 4.79 Å². The maximum atomic E-state index is 10.2. The number of carboxylic acids is 1. The topological polar surface area (TPSA) is 46.5 Å². The minimum atomic E-state index is -0.963. The van der Waals surface area contributed by atoms with Crippen LogP contribution in [-0.4, -0.2) is 11.1 Å². The molecule has 4 heteroatoms. The molecule has 0 bridgehead atoms. The molecule has 13 heavy (non-hydrogen) atoms. The molecule has 0 aromatic heterocycles. The van der Waals surface area contributed by atoms with Crippen molar-refractivity contribution >= 4 is 25.0 Å². The van der Waals surface area contributed by atoms with E-state index in [1.54, 1.807) is 24.3 Å². The molecule has 0 amide bonds. The third-order valence-corrected chi connectivity index (χ3v) is 1.61. The Hall–Kier alpha value is -1.42. The van der Waals surface area contributed by atoms with E-state index in [-0.39, 0.29) is 0 Å². The standard InChI is InChI=1S/C9H8O3S/c10-9(11)6-3-7-1-4-8(12-13)5-2-7/h1-6,13H,(H,10,11)/b6-3+. The predicted molar refractivity (Wildman–Crippen MR) is 52.7 cm³/mol. The van der Waals surface area contributed by atoms with Crippen LogP contribution in [-0.2, 0) is 4.79 Å². The molecular formula is C9H8O3S. The second-order valence-corrected chi connectivity index (χ2v) is 2.51. The molecule has 0 spiro atoms. The number of aliphatic carboxylic acids is 1. The van der Waals surface area contributed by atoms with E-state index in [0.29, 0.717) is 5.75 Å². The molecule has 0 aliphatic carbocycles. The molecule has 68 valence electrons. The highest BCUT2D eigenvalue weighted by molar-refractivity contribution is 7.75. The van der Waals surface area contributed by atoms with Gasteiger partial charge in [0.15, 0.2) is 0 Å². The van der Waals surface area contributed by atoms with Crippen molar-refractivity contribution in [1.82, 2.24) is 0 Å². The summed E-state index contributed by atoms with van der Waals surface area (Å²) in [5, 5.41) is 8.35. The molecule has 0 heterocycles. The summed E-state index contributed by atoms with van der Waals surface area (Å²) >= 11 is 3.62. The van der Waals surface area contributed by atoms with Crippen LogP contribution in [0.15, 0.2) is 30.3 Å². The molecule has 1 rings (SSSR count). The Bertz CT molecular complexity index is 316. The summed E-state index contributed by atoms with van der Waals surface area (Å²) in [6, 6.07) is 6.89. The van der Waals surface area contributed by atoms with Crippen LogP contribution in [0.3, 0.4) is 0 Å². The summed E-state index contributed by atoms with van der Waals surface area (Å²) in [5.41, 5.74) is 0.802. The van der Waals surface area contributed by atoms with Gasteiger partial charge in [0.2, 0.25) is 0 Å². The Kier molecular flexibility index (Phi) is 3.40. The van der Waals surface area contributed by atoms with Gasteiger partial charge in [0, 0.05) is 19.0 Å². The van der Waals surface area contributed by atoms with Crippen LogP contribution in [0.25, 0.3) is 6.08 Å². The highest BCUT2D eigenvalue weighted by Crippen LogP contribution is 2.13. The Labute approximate surface area is 81.3 Å². The van der Waals surface area contributed by atoms with E-state index in [2.05, 4.69) is 17.1 Å². The van der Waals surface area contributed by atoms with E-state index in [1.807, 2.05) is 0 Å². The highest BCUT2D eigenvalue weighted by atomic mass is 32.1. The van der Waals surface area contributed by atoms with Crippen LogP contribution in [0.5, 0.6) is 5.75 Å². The lowest BCUT2D eigenvalue weighted by atomic mass is 10.2. The van der Waals surface area contributed by atoms with Crippen molar-refractivity contribution in [2.24, 2.45) is 0 Å². The molecule has 0 fully saturated rings. The molecule has 3 nitrogen and oxygen atoms in total. The van der Waals surface area contributed by atoms with Crippen LogP contribution in [0.4, 0.5) is 0 Å². The number of carboxylic acid groups (broad SMARTS) is 1. The van der Waals surface area contributed by atoms with E-state index in [1.165, 1.54) is 6.08 Å². The Morgan fingerprint density at radius 3 is 2.46 bits per heavy atom. The largest absolute Gasteiger partial charge is 0.478 e. The van der Waals surface area contributed by atoms with Gasteiger partial charge in [-0.25, -0.2) is 4.79 Å². The van der Waals surface area contributed by atoms with Gasteiger partial charge in [-0.05, 0) is 23.8 Å². The minimum absolute atomic E-state index is 0.621. The first-order valence-corrected chi connectivity index (χ1v) is 3.91. The third-order valence-electron chi connectivity index (χ3n) is 1.40. The van der Waals surface area contributed by atoms with E-state index >= 15 is 0 Å². The van der Waals surface area contributed by atoms with Gasteiger partial charge in [-0.3, -0.25) is 0 Å². The summed E-state index contributed by atoms with van der Waals surface area (Å²) in [4.78, 5) is 10.2. The second-order valence-electron chi connectivity index (χ2n) is 2.33. The average molecular weight is 196 g/mol. The maximum absolute atomic E-state index is 10.2. The molecule has 0 saturated carbocycles. The van der Waals surface area contributed by atoms with Crippen LogP contribution in [0, 0.1) is 0 Å². The molecule has 0 atom stereocenters. The lowest BCUT2D eigenvalue weighted by Crippen LogP contribution is -1.85. The van der Waals surface area contributed by atoms with Gasteiger partial charge in [-0.1, -0.05) is 12.1 Å². The highest BCUT2D eigenvalue weighted by Gasteiger charge is 1.91. The molecule has 0 radical (unpaired) electrons. The third kappa shape index (κ3) is 3.21. The molecule has 1 aromatic carbocycles. The zero-order valence-corrected chi connectivity index (χ0v) is 7.57. The van der Waals surface area contributed by atoms with Gasteiger partial charge in [-0.2, -0.15) is 0 Å². The smallest absolute Gasteiger partial charge is 0.328 e. The number of benzene rings is 1. The minimum Gasteiger partial charge on any atom is -0.478 e. The van der Waals surface area contributed by atoms with Crippen LogP contribution < -0.4 is 4.18 Å². The van der Waals surface area contributed by atoms with Gasteiger partial charge in [-0.15, -0.1) is 0 Å². The van der Waals surface area contributed by atoms with Crippen LogP contribution in [0.1, 0.15) is 5.56 Å². The summed E-state index contributed by atoms with van der Waals surface area (Å²) < 4.78 is 4.65. The van der Waals surface area contributed by atoms with Gasteiger partial charge in [0.1, 0.15) is 5.75 Å². The second kappa shape index (κ2) is 4.57. The summed E-state index contributed by atoms with van der Waals surface area (Å²) in [5.74, 6) is -0.342. The fourth-order valence-electron chi connectivity index (χ4n) is 0.807. The van der Waals surface area contributed by atoms with Crippen LogP contribution >= 0.6 is 12.9 Å². The van der Waals surface area contributed by atoms with Crippen LogP contribution in [0.2, 0.25) is 0 Å². The Morgan fingerprint density at radius 1 is 1.38 bits per heavy atom. The molecule has 0 saturated heterocycles. The van der Waals surface area contributed by atoms with Crippen molar-refractivity contribution < 1.29 is 14.1 Å². The Morgan fingerprint density at radius 2 is 2.00 bits per heavy atom.